The number of H-pyrrole nitrogens is 1. The number of hydrogen-bond acceptors (Lipinski definition) is 10. The van der Waals surface area contributed by atoms with E-state index in [1.165, 1.54) is 12.7 Å². The molecule has 1 aromatic carbocycles. The van der Waals surface area contributed by atoms with Gasteiger partial charge in [-0.1, -0.05) is 30.3 Å². The van der Waals surface area contributed by atoms with E-state index < -0.39 is 49.1 Å². The van der Waals surface area contributed by atoms with Crippen molar-refractivity contribution >= 4 is 22.9 Å². The van der Waals surface area contributed by atoms with Crippen molar-refractivity contribution < 1.29 is 24.9 Å². The van der Waals surface area contributed by atoms with E-state index >= 15 is 0 Å². The van der Waals surface area contributed by atoms with E-state index in [9.17, 15) is 20.1 Å². The number of nitrogens with two attached hydrogens (primary N) is 1. The zero-order chi connectivity index (χ0) is 22.7. The van der Waals surface area contributed by atoms with Crippen LogP contribution in [0.2, 0.25) is 0 Å². The number of ether oxygens (including phenoxy) is 1. The Kier molecular flexibility index (Phi) is 6.58. The summed E-state index contributed by atoms with van der Waals surface area (Å²) < 4.78 is 5.74. The van der Waals surface area contributed by atoms with Gasteiger partial charge in [0.25, 0.3) is 0 Å². The standard InChI is InChI=1S/C20H25N7O5/c21-11(6-10-4-2-1-3-5-10)19(31)26-13-12(7-28)32-20(16(30)15(13)29)27-18-14-17(23-8-22-14)24-9-25-18/h1-5,8-9,11-13,15-16,20,28-30H,6-7,21H2,(H,26,31)(H2,22,23,24,25,27)/t11-,12+,13+,15-,16+,20+/m1/s1. The molecule has 0 radical (unpaired) electrons. The first-order valence-corrected chi connectivity index (χ1v) is 10.1. The molecule has 3 aromatic rings. The Balaban J connectivity index is 1.43. The number of rotatable bonds is 7. The average Bonchev–Trinajstić information content (AvgIpc) is 3.29. The van der Waals surface area contributed by atoms with E-state index in [1.54, 1.807) is 0 Å². The van der Waals surface area contributed by atoms with Crippen LogP contribution < -0.4 is 16.4 Å². The van der Waals surface area contributed by atoms with E-state index in [4.69, 9.17) is 10.5 Å². The molecule has 8 N–H and O–H groups in total. The normalized spacial score (nSPS) is 26.6. The predicted octanol–water partition coefficient (Wildman–Crippen LogP) is -1.74. The zero-order valence-corrected chi connectivity index (χ0v) is 17.0. The van der Waals surface area contributed by atoms with Crippen molar-refractivity contribution in [2.45, 2.75) is 43.0 Å². The Morgan fingerprint density at radius 2 is 1.97 bits per heavy atom. The van der Waals surface area contributed by atoms with Crippen LogP contribution in [0.1, 0.15) is 5.56 Å². The Labute approximate surface area is 182 Å². The molecule has 1 amide bonds. The number of nitrogens with one attached hydrogen (secondary N) is 3. The van der Waals surface area contributed by atoms with Crippen molar-refractivity contribution in [3.63, 3.8) is 0 Å². The molecule has 4 rings (SSSR count). The van der Waals surface area contributed by atoms with Crippen LogP contribution in [0.3, 0.4) is 0 Å². The molecule has 170 valence electrons. The maximum atomic E-state index is 12.6. The van der Waals surface area contributed by atoms with Gasteiger partial charge in [0.15, 0.2) is 17.7 Å². The number of benzene rings is 1. The second kappa shape index (κ2) is 9.54. The summed E-state index contributed by atoms with van der Waals surface area (Å²) in [5.74, 6) is -0.235. The number of aromatic nitrogens is 4. The Hall–Kier alpha value is -3.16. The molecule has 1 saturated heterocycles. The highest BCUT2D eigenvalue weighted by Gasteiger charge is 2.45. The minimum Gasteiger partial charge on any atom is -0.394 e. The van der Waals surface area contributed by atoms with Gasteiger partial charge in [0.2, 0.25) is 5.91 Å². The molecule has 12 nitrogen and oxygen atoms in total. The number of nitrogens with zero attached hydrogens (tertiary/aromatic N) is 3. The minimum absolute atomic E-state index is 0.292. The van der Waals surface area contributed by atoms with E-state index in [0.29, 0.717) is 23.4 Å². The van der Waals surface area contributed by atoms with Crippen LogP contribution in [-0.2, 0) is 16.0 Å². The lowest BCUT2D eigenvalue weighted by atomic mass is 9.94. The molecule has 1 aliphatic heterocycles. The first-order chi connectivity index (χ1) is 15.5. The molecule has 0 unspecified atom stereocenters. The molecule has 1 fully saturated rings. The Morgan fingerprint density at radius 1 is 1.19 bits per heavy atom. The molecule has 0 bridgehead atoms. The molecule has 2 aromatic heterocycles. The van der Waals surface area contributed by atoms with Gasteiger partial charge in [0.1, 0.15) is 30.2 Å². The smallest absolute Gasteiger partial charge is 0.237 e. The summed E-state index contributed by atoms with van der Waals surface area (Å²) in [5, 5.41) is 36.6. The number of carbonyl (C=O) groups is 1. The molecular formula is C20H25N7O5. The predicted molar refractivity (Wildman–Crippen MR) is 113 cm³/mol. The van der Waals surface area contributed by atoms with Gasteiger partial charge in [0, 0.05) is 0 Å². The van der Waals surface area contributed by atoms with Crippen molar-refractivity contribution in [1.29, 1.82) is 0 Å². The third-order valence-corrected chi connectivity index (χ3v) is 5.38. The third kappa shape index (κ3) is 4.54. The van der Waals surface area contributed by atoms with Crippen molar-refractivity contribution in [2.75, 3.05) is 11.9 Å². The molecule has 0 spiro atoms. The molecule has 6 atom stereocenters. The summed E-state index contributed by atoms with van der Waals surface area (Å²) in [5.41, 5.74) is 7.79. The first kappa shape index (κ1) is 22.0. The van der Waals surface area contributed by atoms with E-state index in [1.807, 2.05) is 30.3 Å². The topological polar surface area (TPSA) is 192 Å². The summed E-state index contributed by atoms with van der Waals surface area (Å²) in [6.07, 6.45) is -1.98. The summed E-state index contributed by atoms with van der Waals surface area (Å²) in [6.45, 7) is -0.510. The molecule has 3 heterocycles. The van der Waals surface area contributed by atoms with Crippen LogP contribution in [0.5, 0.6) is 0 Å². The van der Waals surface area contributed by atoms with Gasteiger partial charge in [-0.2, -0.15) is 0 Å². The Morgan fingerprint density at radius 3 is 2.72 bits per heavy atom. The van der Waals surface area contributed by atoms with E-state index in [-0.39, 0.29) is 0 Å². The molecule has 0 aliphatic carbocycles. The Bertz CT molecular complexity index is 1050. The maximum absolute atomic E-state index is 12.6. The highest BCUT2D eigenvalue weighted by atomic mass is 16.5. The molecule has 32 heavy (non-hydrogen) atoms. The van der Waals surface area contributed by atoms with Gasteiger partial charge in [-0.3, -0.25) is 4.79 Å². The maximum Gasteiger partial charge on any atom is 0.237 e. The second-order valence-corrected chi connectivity index (χ2v) is 7.56. The number of anilines is 1. The molecular weight excluding hydrogens is 418 g/mol. The van der Waals surface area contributed by atoms with Crippen LogP contribution in [-0.4, -0.2) is 84.4 Å². The number of amides is 1. The number of hydrogen-bond donors (Lipinski definition) is 7. The summed E-state index contributed by atoms with van der Waals surface area (Å²) in [7, 11) is 0. The fraction of sp³-hybridized carbons (Fsp3) is 0.400. The highest BCUT2D eigenvalue weighted by Crippen LogP contribution is 2.24. The number of aromatic amines is 1. The van der Waals surface area contributed by atoms with Gasteiger partial charge in [0.05, 0.1) is 25.0 Å². The number of fused-ring (bicyclic) bond motifs is 1. The number of aliphatic hydroxyl groups is 3. The fourth-order valence-corrected chi connectivity index (χ4v) is 3.66. The lowest BCUT2D eigenvalue weighted by Crippen LogP contribution is -2.67. The van der Waals surface area contributed by atoms with Crippen LogP contribution in [0, 0.1) is 0 Å². The van der Waals surface area contributed by atoms with Crippen LogP contribution in [0.4, 0.5) is 5.82 Å². The number of aliphatic hydroxyl groups excluding tert-OH is 3. The number of imidazole rings is 1. The van der Waals surface area contributed by atoms with Crippen molar-refractivity contribution in [3.8, 4) is 0 Å². The minimum atomic E-state index is -1.44. The molecule has 0 saturated carbocycles. The van der Waals surface area contributed by atoms with Gasteiger partial charge in [-0.25, -0.2) is 15.0 Å². The van der Waals surface area contributed by atoms with Gasteiger partial charge >= 0.3 is 0 Å². The van der Waals surface area contributed by atoms with Crippen molar-refractivity contribution in [1.82, 2.24) is 25.3 Å². The van der Waals surface area contributed by atoms with Crippen LogP contribution in [0.25, 0.3) is 11.2 Å². The zero-order valence-electron chi connectivity index (χ0n) is 17.0. The fourth-order valence-electron chi connectivity index (χ4n) is 3.66. The van der Waals surface area contributed by atoms with Crippen LogP contribution in [0.15, 0.2) is 43.0 Å². The second-order valence-electron chi connectivity index (χ2n) is 7.56. The monoisotopic (exact) mass is 443 g/mol. The number of carbonyl (C=O) groups excluding carboxylic acids is 1. The summed E-state index contributed by atoms with van der Waals surface area (Å²) in [4.78, 5) is 27.6. The lowest BCUT2D eigenvalue weighted by Gasteiger charge is -2.43. The van der Waals surface area contributed by atoms with E-state index in [0.717, 1.165) is 5.56 Å². The van der Waals surface area contributed by atoms with E-state index in [2.05, 4.69) is 30.6 Å². The van der Waals surface area contributed by atoms with Gasteiger partial charge in [-0.05, 0) is 12.0 Å². The lowest BCUT2D eigenvalue weighted by molar-refractivity contribution is -0.185. The quantitative estimate of drug-likeness (QED) is 0.220. The summed E-state index contributed by atoms with van der Waals surface area (Å²) >= 11 is 0. The molecule has 1 aliphatic rings. The van der Waals surface area contributed by atoms with Gasteiger partial charge in [-0.15, -0.1) is 0 Å². The van der Waals surface area contributed by atoms with Crippen molar-refractivity contribution in [3.05, 3.63) is 48.5 Å². The SMILES string of the molecule is N[C@H](Cc1ccccc1)C(=O)N[C@@H]1[C@@H](O)[C@H](O)[C@@H](Nc2ncnc3nc[nH]c23)O[C@H]1CO. The molecule has 12 heteroatoms. The third-order valence-electron chi connectivity index (χ3n) is 5.38. The average molecular weight is 443 g/mol. The van der Waals surface area contributed by atoms with Crippen molar-refractivity contribution in [2.24, 2.45) is 5.73 Å². The highest BCUT2D eigenvalue weighted by molar-refractivity contribution is 5.83. The first-order valence-electron chi connectivity index (χ1n) is 10.1. The van der Waals surface area contributed by atoms with Crippen LogP contribution >= 0.6 is 0 Å². The largest absolute Gasteiger partial charge is 0.394 e. The van der Waals surface area contributed by atoms with Gasteiger partial charge < -0.3 is 41.4 Å². The summed E-state index contributed by atoms with van der Waals surface area (Å²) in [6, 6.07) is 7.31.